The van der Waals surface area contributed by atoms with Crippen molar-refractivity contribution in [1.82, 2.24) is 15.0 Å². The average Bonchev–Trinajstić information content (AvgIpc) is 3.08. The third-order valence-corrected chi connectivity index (χ3v) is 4.28. The van der Waals surface area contributed by atoms with E-state index in [1.807, 2.05) is 6.07 Å². The molecule has 27 heavy (non-hydrogen) atoms. The molecule has 4 aromatic rings. The Balaban J connectivity index is 1.68. The maximum Gasteiger partial charge on any atom is 0.343 e. The third kappa shape index (κ3) is 3.35. The Hall–Kier alpha value is -3.38. The third-order valence-electron chi connectivity index (χ3n) is 4.04. The topological polar surface area (TPSA) is 77.2 Å². The first kappa shape index (κ1) is 17.1. The fraction of sp³-hybridized carbons (Fsp3) is 0.0500. The molecular weight excluding hydrogens is 366 g/mol. The van der Waals surface area contributed by atoms with E-state index in [0.29, 0.717) is 32.9 Å². The Morgan fingerprint density at radius 2 is 1.78 bits per heavy atom. The number of fused-ring (bicyclic) bond motifs is 1. The van der Waals surface area contributed by atoms with Gasteiger partial charge in [0, 0.05) is 11.1 Å². The van der Waals surface area contributed by atoms with Crippen LogP contribution in [0.4, 0.5) is 0 Å². The Bertz CT molecular complexity index is 1160. The van der Waals surface area contributed by atoms with Crippen molar-refractivity contribution in [2.45, 2.75) is 6.92 Å². The molecule has 134 valence electrons. The SMILES string of the molecule is Cc1cc(-n2nc3ccc(Cl)cc3n2)c(O)cc1OC(=O)c1ccccc1. The molecule has 1 N–H and O–H groups in total. The Morgan fingerprint density at radius 1 is 1.04 bits per heavy atom. The number of aromatic hydroxyl groups is 1. The molecule has 0 atom stereocenters. The summed E-state index contributed by atoms with van der Waals surface area (Å²) >= 11 is 5.98. The summed E-state index contributed by atoms with van der Waals surface area (Å²) < 4.78 is 5.41. The number of carbonyl (C=O) groups is 1. The first-order chi connectivity index (χ1) is 13.0. The lowest BCUT2D eigenvalue weighted by Crippen LogP contribution is -2.09. The van der Waals surface area contributed by atoms with Crippen LogP contribution in [0.2, 0.25) is 5.02 Å². The van der Waals surface area contributed by atoms with E-state index in [1.54, 1.807) is 55.5 Å². The second kappa shape index (κ2) is 6.74. The van der Waals surface area contributed by atoms with E-state index in [4.69, 9.17) is 16.3 Å². The van der Waals surface area contributed by atoms with Gasteiger partial charge < -0.3 is 9.84 Å². The summed E-state index contributed by atoms with van der Waals surface area (Å²) in [6.07, 6.45) is 0. The van der Waals surface area contributed by atoms with Gasteiger partial charge in [0.05, 0.1) is 5.56 Å². The molecule has 4 rings (SSSR count). The number of phenols is 1. The number of ether oxygens (including phenoxy) is 1. The lowest BCUT2D eigenvalue weighted by molar-refractivity contribution is 0.0733. The molecule has 3 aromatic carbocycles. The minimum Gasteiger partial charge on any atom is -0.505 e. The van der Waals surface area contributed by atoms with Gasteiger partial charge in [-0.1, -0.05) is 29.8 Å². The minimum absolute atomic E-state index is 0.108. The van der Waals surface area contributed by atoms with Gasteiger partial charge in [-0.25, -0.2) is 4.79 Å². The fourth-order valence-corrected chi connectivity index (χ4v) is 2.83. The van der Waals surface area contributed by atoms with Gasteiger partial charge in [-0.05, 0) is 48.9 Å². The zero-order valence-corrected chi connectivity index (χ0v) is 15.0. The van der Waals surface area contributed by atoms with Gasteiger partial charge in [0.15, 0.2) is 0 Å². The number of carbonyl (C=O) groups excluding carboxylic acids is 1. The normalized spacial score (nSPS) is 10.9. The van der Waals surface area contributed by atoms with Crippen LogP contribution in [-0.4, -0.2) is 26.1 Å². The van der Waals surface area contributed by atoms with Gasteiger partial charge in [-0.2, -0.15) is 0 Å². The van der Waals surface area contributed by atoms with Crippen molar-refractivity contribution >= 4 is 28.6 Å². The Labute approximate surface area is 159 Å². The number of aromatic nitrogens is 3. The number of nitrogens with zero attached hydrogens (tertiary/aromatic N) is 3. The van der Waals surface area contributed by atoms with Crippen molar-refractivity contribution in [2.24, 2.45) is 0 Å². The maximum absolute atomic E-state index is 12.2. The predicted octanol–water partition coefficient (Wildman–Crippen LogP) is 4.31. The average molecular weight is 380 g/mol. The largest absolute Gasteiger partial charge is 0.505 e. The summed E-state index contributed by atoms with van der Waals surface area (Å²) in [6, 6.07) is 16.9. The highest BCUT2D eigenvalue weighted by Crippen LogP contribution is 2.31. The van der Waals surface area contributed by atoms with Crippen LogP contribution >= 0.6 is 11.6 Å². The molecule has 0 radical (unpaired) electrons. The van der Waals surface area contributed by atoms with Crippen LogP contribution in [0.3, 0.4) is 0 Å². The zero-order chi connectivity index (χ0) is 19.0. The van der Waals surface area contributed by atoms with E-state index in [9.17, 15) is 9.90 Å². The molecule has 0 saturated carbocycles. The monoisotopic (exact) mass is 379 g/mol. The molecule has 7 heteroatoms. The molecular formula is C20H14ClN3O3. The van der Waals surface area contributed by atoms with Crippen molar-refractivity contribution < 1.29 is 14.6 Å². The van der Waals surface area contributed by atoms with Crippen LogP contribution < -0.4 is 4.74 Å². The van der Waals surface area contributed by atoms with Crippen molar-refractivity contribution in [3.05, 3.63) is 76.8 Å². The number of hydrogen-bond donors (Lipinski definition) is 1. The molecule has 0 aliphatic heterocycles. The van der Waals surface area contributed by atoms with Crippen LogP contribution in [0, 0.1) is 6.92 Å². The molecule has 6 nitrogen and oxygen atoms in total. The summed E-state index contributed by atoms with van der Waals surface area (Å²) in [7, 11) is 0. The predicted molar refractivity (Wildman–Crippen MR) is 102 cm³/mol. The number of benzene rings is 3. The van der Waals surface area contributed by atoms with Gasteiger partial charge in [-0.3, -0.25) is 0 Å². The summed E-state index contributed by atoms with van der Waals surface area (Å²) in [5, 5.41) is 19.6. The van der Waals surface area contributed by atoms with Gasteiger partial charge in [-0.15, -0.1) is 15.0 Å². The highest BCUT2D eigenvalue weighted by Gasteiger charge is 2.15. The van der Waals surface area contributed by atoms with Gasteiger partial charge >= 0.3 is 5.97 Å². The number of hydrogen-bond acceptors (Lipinski definition) is 5. The minimum atomic E-state index is -0.497. The first-order valence-electron chi connectivity index (χ1n) is 8.15. The Kier molecular flexibility index (Phi) is 4.25. The zero-order valence-electron chi connectivity index (χ0n) is 14.3. The molecule has 1 aromatic heterocycles. The van der Waals surface area contributed by atoms with Crippen molar-refractivity contribution in [3.8, 4) is 17.2 Å². The van der Waals surface area contributed by atoms with Crippen LogP contribution in [0.1, 0.15) is 15.9 Å². The van der Waals surface area contributed by atoms with Gasteiger partial charge in [0.1, 0.15) is 28.2 Å². The van der Waals surface area contributed by atoms with Crippen LogP contribution in [0.25, 0.3) is 16.7 Å². The molecule has 0 fully saturated rings. The fourth-order valence-electron chi connectivity index (χ4n) is 2.66. The Morgan fingerprint density at radius 3 is 2.56 bits per heavy atom. The van der Waals surface area contributed by atoms with Crippen LogP contribution in [0.5, 0.6) is 11.5 Å². The second-order valence-electron chi connectivity index (χ2n) is 5.98. The van der Waals surface area contributed by atoms with E-state index >= 15 is 0 Å². The lowest BCUT2D eigenvalue weighted by Gasteiger charge is -2.11. The molecule has 0 amide bonds. The van der Waals surface area contributed by atoms with Crippen molar-refractivity contribution in [2.75, 3.05) is 0 Å². The van der Waals surface area contributed by atoms with E-state index < -0.39 is 5.97 Å². The van der Waals surface area contributed by atoms with Crippen molar-refractivity contribution in [1.29, 1.82) is 0 Å². The smallest absolute Gasteiger partial charge is 0.343 e. The molecule has 0 saturated heterocycles. The number of rotatable bonds is 3. The quantitative estimate of drug-likeness (QED) is 0.424. The molecule has 0 spiro atoms. The van der Waals surface area contributed by atoms with E-state index in [-0.39, 0.29) is 11.5 Å². The highest BCUT2D eigenvalue weighted by molar-refractivity contribution is 6.31. The summed E-state index contributed by atoms with van der Waals surface area (Å²) in [6.45, 7) is 1.77. The molecule has 0 aliphatic rings. The summed E-state index contributed by atoms with van der Waals surface area (Å²) in [4.78, 5) is 13.6. The van der Waals surface area contributed by atoms with Crippen LogP contribution in [0.15, 0.2) is 60.7 Å². The van der Waals surface area contributed by atoms with E-state index in [2.05, 4.69) is 10.2 Å². The number of esters is 1. The van der Waals surface area contributed by atoms with Gasteiger partial charge in [0.2, 0.25) is 0 Å². The highest BCUT2D eigenvalue weighted by atomic mass is 35.5. The molecule has 0 aliphatic carbocycles. The van der Waals surface area contributed by atoms with Crippen LogP contribution in [-0.2, 0) is 0 Å². The number of halogens is 1. The van der Waals surface area contributed by atoms with Crippen molar-refractivity contribution in [3.63, 3.8) is 0 Å². The van der Waals surface area contributed by atoms with E-state index in [0.717, 1.165) is 0 Å². The molecule has 0 bridgehead atoms. The lowest BCUT2D eigenvalue weighted by atomic mass is 10.2. The summed E-state index contributed by atoms with van der Waals surface area (Å²) in [5.74, 6) is -0.337. The molecule has 0 unspecified atom stereocenters. The van der Waals surface area contributed by atoms with E-state index in [1.165, 1.54) is 10.9 Å². The standard InChI is InChI=1S/C20H14ClN3O3/c1-12-9-17(24-22-15-8-7-14(21)10-16(15)23-24)18(25)11-19(12)27-20(26)13-5-3-2-4-6-13/h2-11,25H,1H3. The number of aryl methyl sites for hydroxylation is 1. The first-order valence-corrected chi connectivity index (χ1v) is 8.53. The number of phenolic OH excluding ortho intramolecular Hbond substituents is 1. The second-order valence-corrected chi connectivity index (χ2v) is 6.42. The summed E-state index contributed by atoms with van der Waals surface area (Å²) in [5.41, 5.74) is 2.72. The van der Waals surface area contributed by atoms with Gasteiger partial charge in [0.25, 0.3) is 0 Å². The maximum atomic E-state index is 12.2. The molecule has 1 heterocycles.